The fourth-order valence-electron chi connectivity index (χ4n) is 2.93. The van der Waals surface area contributed by atoms with Gasteiger partial charge >= 0.3 is 0 Å². The van der Waals surface area contributed by atoms with E-state index in [2.05, 4.69) is 43.8 Å². The molecule has 0 saturated carbocycles. The molecule has 0 amide bonds. The highest BCUT2D eigenvalue weighted by Gasteiger charge is 2.34. The van der Waals surface area contributed by atoms with Crippen LogP contribution in [-0.4, -0.2) is 39.4 Å². The smallest absolute Gasteiger partial charge is 0.0492 e. The van der Waals surface area contributed by atoms with Gasteiger partial charge in [0.25, 0.3) is 0 Å². The lowest BCUT2D eigenvalue weighted by Crippen LogP contribution is -2.57. The molecule has 0 spiro atoms. The second-order valence-corrected chi connectivity index (χ2v) is 5.47. The molecule has 0 fully saturated rings. The van der Waals surface area contributed by atoms with Crippen LogP contribution in [0.4, 0.5) is 0 Å². The number of hydrogen-bond donors (Lipinski definition) is 1. The van der Waals surface area contributed by atoms with Gasteiger partial charge in [0.1, 0.15) is 0 Å². The molecule has 0 aliphatic heterocycles. The van der Waals surface area contributed by atoms with Crippen molar-refractivity contribution in [1.29, 1.82) is 0 Å². The molecule has 2 N–H and O–H groups in total. The van der Waals surface area contributed by atoms with Crippen molar-refractivity contribution in [2.45, 2.75) is 58.5 Å². The summed E-state index contributed by atoms with van der Waals surface area (Å²) in [5.74, 6) is 0. The maximum atomic E-state index is 6.51. The van der Waals surface area contributed by atoms with Gasteiger partial charge in [0.2, 0.25) is 0 Å². The van der Waals surface area contributed by atoms with Crippen LogP contribution in [0.3, 0.4) is 0 Å². The highest BCUT2D eigenvalue weighted by molar-refractivity contribution is 5.02. The third-order valence-electron chi connectivity index (χ3n) is 4.63. The van der Waals surface area contributed by atoms with Crippen molar-refractivity contribution in [1.82, 2.24) is 14.7 Å². The number of aryl methyl sites for hydroxylation is 2. The molecule has 0 aliphatic rings. The van der Waals surface area contributed by atoms with Gasteiger partial charge in [-0.25, -0.2) is 0 Å². The van der Waals surface area contributed by atoms with Crippen LogP contribution < -0.4 is 5.73 Å². The minimum absolute atomic E-state index is 0.0854. The van der Waals surface area contributed by atoms with Crippen LogP contribution in [0.25, 0.3) is 0 Å². The summed E-state index contributed by atoms with van der Waals surface area (Å²) in [7, 11) is 1.99. The van der Waals surface area contributed by atoms with Gasteiger partial charge in [-0.15, -0.1) is 0 Å². The van der Waals surface area contributed by atoms with Crippen LogP contribution in [0.15, 0.2) is 12.3 Å². The van der Waals surface area contributed by atoms with E-state index in [1.807, 2.05) is 17.9 Å². The quantitative estimate of drug-likeness (QED) is 0.784. The van der Waals surface area contributed by atoms with E-state index in [-0.39, 0.29) is 11.6 Å². The molecule has 1 aromatic rings. The summed E-state index contributed by atoms with van der Waals surface area (Å²) >= 11 is 0. The van der Waals surface area contributed by atoms with Gasteiger partial charge in [0.05, 0.1) is 0 Å². The molecule has 19 heavy (non-hydrogen) atoms. The minimum Gasteiger partial charge on any atom is -0.326 e. The lowest BCUT2D eigenvalue weighted by molar-refractivity contribution is 0.0814. The molecule has 2 unspecified atom stereocenters. The normalized spacial score (nSPS) is 16.6. The van der Waals surface area contributed by atoms with E-state index in [1.165, 1.54) is 5.69 Å². The number of nitrogens with zero attached hydrogens (tertiary/aromatic N) is 3. The molecule has 110 valence electrons. The van der Waals surface area contributed by atoms with Crippen molar-refractivity contribution in [3.8, 4) is 0 Å². The standard InChI is InChI=1S/C15H30N4/c1-6-15(4,19(7-2)8-3)14(16)10-9-13-11-12-17-18(13)5/h11-12,14H,6-10,16H2,1-5H3. The van der Waals surface area contributed by atoms with Crippen LogP contribution in [0, 0.1) is 0 Å². The summed E-state index contributed by atoms with van der Waals surface area (Å²) in [4.78, 5) is 2.49. The first-order valence-electron chi connectivity index (χ1n) is 7.47. The van der Waals surface area contributed by atoms with Crippen molar-refractivity contribution >= 4 is 0 Å². The van der Waals surface area contributed by atoms with Gasteiger partial charge in [-0.1, -0.05) is 20.8 Å². The molecule has 1 aromatic heterocycles. The summed E-state index contributed by atoms with van der Waals surface area (Å²) < 4.78 is 1.94. The Balaban J connectivity index is 2.68. The van der Waals surface area contributed by atoms with Crippen LogP contribution in [0.1, 0.15) is 46.2 Å². The molecular formula is C15H30N4. The molecule has 0 aliphatic carbocycles. The molecule has 4 nitrogen and oxygen atoms in total. The maximum absolute atomic E-state index is 6.51. The van der Waals surface area contributed by atoms with E-state index in [4.69, 9.17) is 5.73 Å². The minimum atomic E-state index is 0.0854. The van der Waals surface area contributed by atoms with E-state index in [0.29, 0.717) is 0 Å². The first-order chi connectivity index (χ1) is 8.99. The fraction of sp³-hybridized carbons (Fsp3) is 0.800. The van der Waals surface area contributed by atoms with Crippen molar-refractivity contribution in [2.24, 2.45) is 12.8 Å². The Morgan fingerprint density at radius 1 is 1.37 bits per heavy atom. The van der Waals surface area contributed by atoms with E-state index in [1.54, 1.807) is 0 Å². The van der Waals surface area contributed by atoms with E-state index in [0.717, 1.165) is 32.4 Å². The van der Waals surface area contributed by atoms with Gasteiger partial charge in [-0.05, 0) is 45.3 Å². The predicted molar refractivity (Wildman–Crippen MR) is 81.1 cm³/mol. The Kier molecular flexibility index (Phi) is 6.01. The highest BCUT2D eigenvalue weighted by Crippen LogP contribution is 2.25. The number of nitrogens with two attached hydrogens (primary N) is 1. The lowest BCUT2D eigenvalue weighted by atomic mass is 9.84. The summed E-state index contributed by atoms with van der Waals surface area (Å²) in [5, 5.41) is 4.21. The largest absolute Gasteiger partial charge is 0.326 e. The van der Waals surface area contributed by atoms with Gasteiger partial charge < -0.3 is 5.73 Å². The Hall–Kier alpha value is -0.870. The van der Waals surface area contributed by atoms with Crippen LogP contribution in [0.2, 0.25) is 0 Å². The number of aromatic nitrogens is 2. The Labute approximate surface area is 118 Å². The van der Waals surface area contributed by atoms with Crippen LogP contribution in [0.5, 0.6) is 0 Å². The topological polar surface area (TPSA) is 47.1 Å². The second-order valence-electron chi connectivity index (χ2n) is 5.47. The Morgan fingerprint density at radius 3 is 2.42 bits per heavy atom. The summed E-state index contributed by atoms with van der Waals surface area (Å²) in [6.45, 7) is 11.1. The SMILES string of the molecule is CCN(CC)C(C)(CC)C(N)CCc1ccnn1C. The predicted octanol–water partition coefficient (Wildman–Crippen LogP) is 2.19. The highest BCUT2D eigenvalue weighted by atomic mass is 15.3. The number of rotatable bonds is 8. The third kappa shape index (κ3) is 3.57. The van der Waals surface area contributed by atoms with E-state index >= 15 is 0 Å². The zero-order chi connectivity index (χ0) is 14.5. The molecule has 4 heteroatoms. The number of likely N-dealkylation sites (N-methyl/N-ethyl adjacent to an activating group) is 1. The Morgan fingerprint density at radius 2 is 2.00 bits per heavy atom. The second kappa shape index (κ2) is 7.06. The van der Waals surface area contributed by atoms with Gasteiger partial charge in [-0.3, -0.25) is 9.58 Å². The first-order valence-corrected chi connectivity index (χ1v) is 7.47. The molecule has 2 atom stereocenters. The van der Waals surface area contributed by atoms with Crippen LogP contribution >= 0.6 is 0 Å². The average Bonchev–Trinajstić information content (AvgIpc) is 2.82. The monoisotopic (exact) mass is 266 g/mol. The summed E-state index contributed by atoms with van der Waals surface area (Å²) in [6, 6.07) is 2.26. The molecule has 0 radical (unpaired) electrons. The molecule has 0 bridgehead atoms. The molecule has 0 aromatic carbocycles. The van der Waals surface area contributed by atoms with Crippen molar-refractivity contribution in [2.75, 3.05) is 13.1 Å². The van der Waals surface area contributed by atoms with Gasteiger partial charge in [-0.2, -0.15) is 5.10 Å². The van der Waals surface area contributed by atoms with E-state index < -0.39 is 0 Å². The van der Waals surface area contributed by atoms with Crippen molar-refractivity contribution in [3.05, 3.63) is 18.0 Å². The van der Waals surface area contributed by atoms with Gasteiger partial charge in [0.15, 0.2) is 0 Å². The van der Waals surface area contributed by atoms with Crippen LogP contribution in [-0.2, 0) is 13.5 Å². The molecule has 1 heterocycles. The zero-order valence-corrected chi connectivity index (χ0v) is 13.2. The van der Waals surface area contributed by atoms with Gasteiger partial charge in [0, 0.05) is 30.5 Å². The first kappa shape index (κ1) is 16.2. The molecule has 0 saturated heterocycles. The summed E-state index contributed by atoms with van der Waals surface area (Å²) in [6.07, 6.45) is 4.93. The van der Waals surface area contributed by atoms with Crippen molar-refractivity contribution < 1.29 is 0 Å². The zero-order valence-electron chi connectivity index (χ0n) is 13.2. The third-order valence-corrected chi connectivity index (χ3v) is 4.63. The van der Waals surface area contributed by atoms with Crippen molar-refractivity contribution in [3.63, 3.8) is 0 Å². The van der Waals surface area contributed by atoms with E-state index in [9.17, 15) is 0 Å². The molecule has 1 rings (SSSR count). The Bertz CT molecular complexity index is 370. The maximum Gasteiger partial charge on any atom is 0.0492 e. The fourth-order valence-corrected chi connectivity index (χ4v) is 2.93. The molecular weight excluding hydrogens is 236 g/mol. The average molecular weight is 266 g/mol. The lowest BCUT2D eigenvalue weighted by Gasteiger charge is -2.44. The number of hydrogen-bond acceptors (Lipinski definition) is 3. The summed E-state index contributed by atoms with van der Waals surface area (Å²) in [5.41, 5.74) is 7.85.